The number of aliphatic hydroxyl groups excluding tert-OH is 2. The molecule has 0 aromatic heterocycles. The first-order valence-electron chi connectivity index (χ1n) is 5.34. The summed E-state index contributed by atoms with van der Waals surface area (Å²) in [6.07, 6.45) is 8.30. The van der Waals surface area contributed by atoms with E-state index in [1.807, 2.05) is 0 Å². The second kappa shape index (κ2) is 7.84. The highest BCUT2D eigenvalue weighted by molar-refractivity contribution is 4.85. The average Bonchev–Trinajstić information content (AvgIpc) is 2.16. The van der Waals surface area contributed by atoms with E-state index in [0.717, 1.165) is 25.7 Å². The Kier molecular flexibility index (Phi) is 7.55. The lowest BCUT2D eigenvalue weighted by Gasteiger charge is -2.21. The zero-order valence-electron chi connectivity index (χ0n) is 9.24. The van der Waals surface area contributed by atoms with Crippen LogP contribution in [-0.4, -0.2) is 22.9 Å². The van der Waals surface area contributed by atoms with Gasteiger partial charge in [-0.25, -0.2) is 0 Å². The number of hydrogen-bond acceptors (Lipinski definition) is 2. The molecular weight excluding hydrogens is 176 g/mol. The van der Waals surface area contributed by atoms with Gasteiger partial charge in [0.05, 0.1) is 6.10 Å². The van der Waals surface area contributed by atoms with Crippen molar-refractivity contribution in [1.29, 1.82) is 0 Å². The standard InChI is InChI=1S/C12H22O2/c1-4-5-6-12(9-13)10(2)7-8-11(3)14/h1,10-14H,5-9H2,2-3H3. The van der Waals surface area contributed by atoms with E-state index in [4.69, 9.17) is 16.6 Å². The first kappa shape index (κ1) is 13.5. The van der Waals surface area contributed by atoms with Crippen LogP contribution in [0.25, 0.3) is 0 Å². The van der Waals surface area contributed by atoms with Gasteiger partial charge in [-0.1, -0.05) is 6.92 Å². The van der Waals surface area contributed by atoms with E-state index >= 15 is 0 Å². The van der Waals surface area contributed by atoms with Crippen LogP contribution in [0.15, 0.2) is 0 Å². The van der Waals surface area contributed by atoms with Crippen molar-refractivity contribution in [3.05, 3.63) is 0 Å². The second-order valence-electron chi connectivity index (χ2n) is 4.09. The predicted molar refractivity (Wildman–Crippen MR) is 58.7 cm³/mol. The molecular formula is C12H22O2. The molecule has 2 N–H and O–H groups in total. The summed E-state index contributed by atoms with van der Waals surface area (Å²) < 4.78 is 0. The predicted octanol–water partition coefficient (Wildman–Crippen LogP) is 1.81. The van der Waals surface area contributed by atoms with Gasteiger partial charge < -0.3 is 10.2 Å². The maximum Gasteiger partial charge on any atom is 0.0512 e. The van der Waals surface area contributed by atoms with Crippen molar-refractivity contribution in [2.45, 2.75) is 45.6 Å². The molecule has 0 bridgehead atoms. The lowest BCUT2D eigenvalue weighted by atomic mass is 9.86. The van der Waals surface area contributed by atoms with Crippen LogP contribution in [0.3, 0.4) is 0 Å². The molecule has 0 aliphatic carbocycles. The van der Waals surface area contributed by atoms with Crippen molar-refractivity contribution < 1.29 is 10.2 Å². The molecule has 3 unspecified atom stereocenters. The lowest BCUT2D eigenvalue weighted by Crippen LogP contribution is -2.17. The summed E-state index contributed by atoms with van der Waals surface area (Å²) in [5.41, 5.74) is 0. The molecule has 0 saturated carbocycles. The largest absolute Gasteiger partial charge is 0.396 e. The third-order valence-corrected chi connectivity index (χ3v) is 2.74. The van der Waals surface area contributed by atoms with E-state index in [0.29, 0.717) is 5.92 Å². The summed E-state index contributed by atoms with van der Waals surface area (Å²) in [4.78, 5) is 0. The molecule has 2 nitrogen and oxygen atoms in total. The molecule has 0 radical (unpaired) electrons. The minimum absolute atomic E-state index is 0.197. The Hall–Kier alpha value is -0.520. The number of hydrogen-bond donors (Lipinski definition) is 2. The molecule has 0 fully saturated rings. The summed E-state index contributed by atoms with van der Waals surface area (Å²) >= 11 is 0. The summed E-state index contributed by atoms with van der Waals surface area (Å²) in [5, 5.41) is 18.3. The molecule has 0 amide bonds. The number of aliphatic hydroxyl groups is 2. The first-order valence-corrected chi connectivity index (χ1v) is 5.34. The van der Waals surface area contributed by atoms with Crippen molar-refractivity contribution in [2.24, 2.45) is 11.8 Å². The number of terminal acetylenes is 1. The van der Waals surface area contributed by atoms with Gasteiger partial charge in [0, 0.05) is 13.0 Å². The molecule has 0 aromatic carbocycles. The van der Waals surface area contributed by atoms with Gasteiger partial charge in [0.2, 0.25) is 0 Å². The van der Waals surface area contributed by atoms with Crippen LogP contribution in [0, 0.1) is 24.2 Å². The Morgan fingerprint density at radius 1 is 1.21 bits per heavy atom. The minimum atomic E-state index is -0.246. The third kappa shape index (κ3) is 6.01. The Labute approximate surface area is 87.3 Å². The van der Waals surface area contributed by atoms with Gasteiger partial charge in [0.25, 0.3) is 0 Å². The van der Waals surface area contributed by atoms with E-state index in [1.165, 1.54) is 0 Å². The molecule has 0 rings (SSSR count). The zero-order valence-corrected chi connectivity index (χ0v) is 9.24. The van der Waals surface area contributed by atoms with Crippen LogP contribution in [-0.2, 0) is 0 Å². The van der Waals surface area contributed by atoms with Crippen LogP contribution in [0.4, 0.5) is 0 Å². The summed E-state index contributed by atoms with van der Waals surface area (Å²) in [5.74, 6) is 3.31. The highest BCUT2D eigenvalue weighted by atomic mass is 16.3. The van der Waals surface area contributed by atoms with Crippen LogP contribution >= 0.6 is 0 Å². The van der Waals surface area contributed by atoms with Gasteiger partial charge in [-0.15, -0.1) is 12.3 Å². The molecule has 3 atom stereocenters. The average molecular weight is 198 g/mol. The zero-order chi connectivity index (χ0) is 11.0. The molecule has 2 heteroatoms. The second-order valence-corrected chi connectivity index (χ2v) is 4.09. The smallest absolute Gasteiger partial charge is 0.0512 e. The Bertz CT molecular complexity index is 170. The van der Waals surface area contributed by atoms with Gasteiger partial charge in [0.15, 0.2) is 0 Å². The van der Waals surface area contributed by atoms with Crippen LogP contribution < -0.4 is 0 Å². The molecule has 0 heterocycles. The Morgan fingerprint density at radius 3 is 2.29 bits per heavy atom. The summed E-state index contributed by atoms with van der Waals surface area (Å²) in [7, 11) is 0. The van der Waals surface area contributed by atoms with Gasteiger partial charge >= 0.3 is 0 Å². The fourth-order valence-electron chi connectivity index (χ4n) is 1.56. The van der Waals surface area contributed by atoms with Crippen LogP contribution in [0.1, 0.15) is 39.5 Å². The monoisotopic (exact) mass is 198 g/mol. The van der Waals surface area contributed by atoms with E-state index in [-0.39, 0.29) is 18.6 Å². The fraction of sp³-hybridized carbons (Fsp3) is 0.833. The van der Waals surface area contributed by atoms with Gasteiger partial charge in [-0.05, 0) is 38.0 Å². The quantitative estimate of drug-likeness (QED) is 0.612. The van der Waals surface area contributed by atoms with Crippen molar-refractivity contribution in [3.63, 3.8) is 0 Å². The van der Waals surface area contributed by atoms with Crippen molar-refractivity contribution in [3.8, 4) is 12.3 Å². The topological polar surface area (TPSA) is 40.5 Å². The normalized spacial score (nSPS) is 17.1. The van der Waals surface area contributed by atoms with E-state index < -0.39 is 0 Å². The van der Waals surface area contributed by atoms with Gasteiger partial charge in [0.1, 0.15) is 0 Å². The molecule has 82 valence electrons. The first-order chi connectivity index (χ1) is 6.61. The SMILES string of the molecule is C#CCCC(CO)C(C)CCC(C)O. The summed E-state index contributed by atoms with van der Waals surface area (Å²) in [6, 6.07) is 0. The van der Waals surface area contributed by atoms with Gasteiger partial charge in [-0.3, -0.25) is 0 Å². The van der Waals surface area contributed by atoms with Gasteiger partial charge in [-0.2, -0.15) is 0 Å². The van der Waals surface area contributed by atoms with Crippen LogP contribution in [0.5, 0.6) is 0 Å². The molecule has 0 aromatic rings. The van der Waals surface area contributed by atoms with E-state index in [9.17, 15) is 0 Å². The molecule has 0 aliphatic rings. The van der Waals surface area contributed by atoms with Crippen molar-refractivity contribution in [2.75, 3.05) is 6.61 Å². The minimum Gasteiger partial charge on any atom is -0.396 e. The van der Waals surface area contributed by atoms with Crippen LogP contribution in [0.2, 0.25) is 0 Å². The molecule has 0 aliphatic heterocycles. The van der Waals surface area contributed by atoms with Crippen molar-refractivity contribution in [1.82, 2.24) is 0 Å². The molecule has 14 heavy (non-hydrogen) atoms. The maximum atomic E-state index is 9.16. The highest BCUT2D eigenvalue weighted by Gasteiger charge is 2.16. The summed E-state index contributed by atoms with van der Waals surface area (Å²) in [6.45, 7) is 4.10. The third-order valence-electron chi connectivity index (χ3n) is 2.74. The number of rotatable bonds is 7. The Morgan fingerprint density at radius 2 is 1.86 bits per heavy atom. The van der Waals surface area contributed by atoms with E-state index in [1.54, 1.807) is 6.92 Å². The van der Waals surface area contributed by atoms with Crippen molar-refractivity contribution >= 4 is 0 Å². The fourth-order valence-corrected chi connectivity index (χ4v) is 1.56. The molecule has 0 saturated heterocycles. The molecule has 0 spiro atoms. The highest BCUT2D eigenvalue weighted by Crippen LogP contribution is 2.22. The Balaban J connectivity index is 3.79. The maximum absolute atomic E-state index is 9.16. The van der Waals surface area contributed by atoms with E-state index in [2.05, 4.69) is 12.8 Å². The lowest BCUT2D eigenvalue weighted by molar-refractivity contribution is 0.139.